The number of halogens is 4. The van der Waals surface area contributed by atoms with Gasteiger partial charge in [0.05, 0.1) is 5.69 Å². The molecule has 0 aliphatic rings. The molecule has 0 radical (unpaired) electrons. The molecule has 0 aliphatic carbocycles. The van der Waals surface area contributed by atoms with Gasteiger partial charge < -0.3 is 5.32 Å². The number of benzene rings is 2. The van der Waals surface area contributed by atoms with E-state index < -0.39 is 28.9 Å². The highest BCUT2D eigenvalue weighted by atomic mass is 35.5. The molecule has 2 aromatic carbocycles. The zero-order chi connectivity index (χ0) is 14.0. The molecule has 0 atom stereocenters. The quantitative estimate of drug-likeness (QED) is 0.887. The predicted octanol–water partition coefficient (Wildman–Crippen LogP) is 4.01. The molecule has 19 heavy (non-hydrogen) atoms. The van der Waals surface area contributed by atoms with Gasteiger partial charge >= 0.3 is 0 Å². The van der Waals surface area contributed by atoms with E-state index in [0.29, 0.717) is 0 Å². The van der Waals surface area contributed by atoms with Crippen LogP contribution in [0, 0.1) is 17.5 Å². The average Bonchev–Trinajstić information content (AvgIpc) is 2.33. The van der Waals surface area contributed by atoms with Crippen molar-refractivity contribution in [3.8, 4) is 0 Å². The topological polar surface area (TPSA) is 29.1 Å². The maximum Gasteiger partial charge on any atom is 0.261 e. The lowest BCUT2D eigenvalue weighted by Crippen LogP contribution is -2.16. The van der Waals surface area contributed by atoms with Crippen molar-refractivity contribution in [1.82, 2.24) is 0 Å². The Morgan fingerprint density at radius 3 is 2.26 bits per heavy atom. The minimum atomic E-state index is -1.09. The van der Waals surface area contributed by atoms with Gasteiger partial charge in [0.15, 0.2) is 0 Å². The van der Waals surface area contributed by atoms with Gasteiger partial charge in [-0.15, -0.1) is 0 Å². The number of rotatable bonds is 2. The molecular formula is C13H7ClF3NO. The molecule has 0 fully saturated rings. The van der Waals surface area contributed by atoms with Crippen LogP contribution in [0.15, 0.2) is 36.4 Å². The lowest BCUT2D eigenvalue weighted by atomic mass is 10.1. The summed E-state index contributed by atoms with van der Waals surface area (Å²) < 4.78 is 40.1. The van der Waals surface area contributed by atoms with E-state index in [1.54, 1.807) is 0 Å². The maximum absolute atomic E-state index is 13.4. The maximum atomic E-state index is 13.4. The molecule has 0 heterocycles. The predicted molar refractivity (Wildman–Crippen MR) is 65.7 cm³/mol. The fraction of sp³-hybridized carbons (Fsp3) is 0. The standard InChI is InChI=1S/C13H7ClF3NO/c14-7-4-5-8(15)11(6-7)18-13(19)12-9(16)2-1-3-10(12)17/h1-6H,(H,18,19). The van der Waals surface area contributed by atoms with Crippen LogP contribution in [0.3, 0.4) is 0 Å². The Hall–Kier alpha value is -2.01. The molecule has 0 spiro atoms. The second-order valence-electron chi connectivity index (χ2n) is 3.67. The van der Waals surface area contributed by atoms with Gasteiger partial charge in [0, 0.05) is 5.02 Å². The van der Waals surface area contributed by atoms with Crippen LogP contribution < -0.4 is 5.32 Å². The molecule has 0 saturated carbocycles. The van der Waals surface area contributed by atoms with Crippen molar-refractivity contribution in [2.24, 2.45) is 0 Å². The van der Waals surface area contributed by atoms with Crippen LogP contribution in [0.5, 0.6) is 0 Å². The summed E-state index contributed by atoms with van der Waals surface area (Å²) >= 11 is 5.64. The van der Waals surface area contributed by atoms with Crippen molar-refractivity contribution in [3.05, 3.63) is 64.4 Å². The smallest absolute Gasteiger partial charge is 0.261 e. The van der Waals surface area contributed by atoms with E-state index in [4.69, 9.17) is 11.6 Å². The molecule has 1 amide bonds. The first-order chi connectivity index (χ1) is 8.99. The van der Waals surface area contributed by atoms with Crippen LogP contribution in [-0.4, -0.2) is 5.91 Å². The SMILES string of the molecule is O=C(Nc1cc(Cl)ccc1F)c1c(F)cccc1F. The second kappa shape index (κ2) is 5.32. The highest BCUT2D eigenvalue weighted by Crippen LogP contribution is 2.21. The van der Waals surface area contributed by atoms with E-state index in [0.717, 1.165) is 30.3 Å². The molecule has 1 N–H and O–H groups in total. The van der Waals surface area contributed by atoms with Crippen molar-refractivity contribution < 1.29 is 18.0 Å². The third kappa shape index (κ3) is 2.88. The largest absolute Gasteiger partial charge is 0.319 e. The van der Waals surface area contributed by atoms with Crippen molar-refractivity contribution in [1.29, 1.82) is 0 Å². The molecule has 0 bridgehead atoms. The molecule has 0 saturated heterocycles. The monoisotopic (exact) mass is 285 g/mol. The Labute approximate surface area is 111 Å². The molecule has 0 unspecified atom stereocenters. The zero-order valence-electron chi connectivity index (χ0n) is 9.38. The first-order valence-electron chi connectivity index (χ1n) is 5.19. The summed E-state index contributed by atoms with van der Waals surface area (Å²) in [4.78, 5) is 11.7. The molecule has 6 heteroatoms. The number of carbonyl (C=O) groups is 1. The molecule has 98 valence electrons. The van der Waals surface area contributed by atoms with Gasteiger partial charge in [0.1, 0.15) is 23.0 Å². The van der Waals surface area contributed by atoms with Crippen LogP contribution in [0.25, 0.3) is 0 Å². The van der Waals surface area contributed by atoms with E-state index in [2.05, 4.69) is 5.32 Å². The van der Waals surface area contributed by atoms with E-state index >= 15 is 0 Å². The molecular weight excluding hydrogens is 279 g/mol. The Balaban J connectivity index is 2.34. The Morgan fingerprint density at radius 2 is 1.63 bits per heavy atom. The lowest BCUT2D eigenvalue weighted by Gasteiger charge is -2.08. The summed E-state index contributed by atoms with van der Waals surface area (Å²) in [6, 6.07) is 6.47. The van der Waals surface area contributed by atoms with Crippen LogP contribution >= 0.6 is 11.6 Å². The molecule has 2 rings (SSSR count). The third-order valence-electron chi connectivity index (χ3n) is 2.37. The zero-order valence-corrected chi connectivity index (χ0v) is 10.1. The molecule has 2 aromatic rings. The van der Waals surface area contributed by atoms with Gasteiger partial charge in [-0.1, -0.05) is 17.7 Å². The Kier molecular flexibility index (Phi) is 3.76. The fourth-order valence-electron chi connectivity index (χ4n) is 1.49. The van der Waals surface area contributed by atoms with Gasteiger partial charge in [-0.05, 0) is 30.3 Å². The first-order valence-corrected chi connectivity index (χ1v) is 5.57. The number of hydrogen-bond donors (Lipinski definition) is 1. The molecule has 2 nitrogen and oxygen atoms in total. The van der Waals surface area contributed by atoms with Crippen molar-refractivity contribution in [2.45, 2.75) is 0 Å². The van der Waals surface area contributed by atoms with Crippen LogP contribution in [-0.2, 0) is 0 Å². The van der Waals surface area contributed by atoms with E-state index in [9.17, 15) is 18.0 Å². The number of amides is 1. The summed E-state index contributed by atoms with van der Waals surface area (Å²) in [6.07, 6.45) is 0. The number of hydrogen-bond acceptors (Lipinski definition) is 1. The number of carbonyl (C=O) groups excluding carboxylic acids is 1. The summed E-state index contributed by atoms with van der Waals surface area (Å²) in [5.74, 6) is -3.90. The van der Waals surface area contributed by atoms with Gasteiger partial charge in [-0.3, -0.25) is 4.79 Å². The van der Waals surface area contributed by atoms with Crippen molar-refractivity contribution >= 4 is 23.2 Å². The van der Waals surface area contributed by atoms with Crippen LogP contribution in [0.1, 0.15) is 10.4 Å². The van der Waals surface area contributed by atoms with Crippen molar-refractivity contribution in [2.75, 3.05) is 5.32 Å². The Morgan fingerprint density at radius 1 is 1.00 bits per heavy atom. The third-order valence-corrected chi connectivity index (χ3v) is 2.60. The van der Waals surface area contributed by atoms with Gasteiger partial charge in [0.2, 0.25) is 0 Å². The van der Waals surface area contributed by atoms with Crippen LogP contribution in [0.4, 0.5) is 18.9 Å². The average molecular weight is 286 g/mol. The summed E-state index contributed by atoms with van der Waals surface area (Å²) in [5, 5.41) is 2.26. The minimum Gasteiger partial charge on any atom is -0.319 e. The molecule has 0 aromatic heterocycles. The minimum absolute atomic E-state index is 0.186. The van der Waals surface area contributed by atoms with Crippen molar-refractivity contribution in [3.63, 3.8) is 0 Å². The highest BCUT2D eigenvalue weighted by Gasteiger charge is 2.18. The summed E-state index contributed by atoms with van der Waals surface area (Å²) in [5.41, 5.74) is -1.03. The van der Waals surface area contributed by atoms with Gasteiger partial charge in [-0.25, -0.2) is 13.2 Å². The van der Waals surface area contributed by atoms with E-state index in [1.165, 1.54) is 6.07 Å². The van der Waals surface area contributed by atoms with Gasteiger partial charge in [-0.2, -0.15) is 0 Å². The molecule has 0 aliphatic heterocycles. The summed E-state index contributed by atoms with van der Waals surface area (Å²) in [7, 11) is 0. The van der Waals surface area contributed by atoms with E-state index in [1.807, 2.05) is 0 Å². The lowest BCUT2D eigenvalue weighted by molar-refractivity contribution is 0.101. The van der Waals surface area contributed by atoms with Gasteiger partial charge in [0.25, 0.3) is 5.91 Å². The van der Waals surface area contributed by atoms with Crippen LogP contribution in [0.2, 0.25) is 5.02 Å². The fourth-order valence-corrected chi connectivity index (χ4v) is 1.66. The second-order valence-corrected chi connectivity index (χ2v) is 4.11. The first kappa shape index (κ1) is 13.4. The van der Waals surface area contributed by atoms with E-state index in [-0.39, 0.29) is 10.7 Å². The normalized spacial score (nSPS) is 10.3. The number of nitrogens with one attached hydrogen (secondary N) is 1. The highest BCUT2D eigenvalue weighted by molar-refractivity contribution is 6.31. The summed E-state index contributed by atoms with van der Waals surface area (Å²) in [6.45, 7) is 0. The Bertz CT molecular complexity index is 626. The number of anilines is 1.